The van der Waals surface area contributed by atoms with Crippen molar-refractivity contribution in [3.8, 4) is 5.75 Å². The standard InChI is InChI=1S/C20H24N2O6S/c1-4-21-19(23)14(3)28-20(24)15-6-8-16(9-7-15)22-29(25,26)18-12-10-17(11-13-18)27-5-2/h6-14,22H,4-5H2,1-3H3,(H,21,23)/t14-/m0/s1. The Morgan fingerprint density at radius 2 is 1.62 bits per heavy atom. The summed E-state index contributed by atoms with van der Waals surface area (Å²) >= 11 is 0. The van der Waals surface area contributed by atoms with Crippen molar-refractivity contribution < 1.29 is 27.5 Å². The summed E-state index contributed by atoms with van der Waals surface area (Å²) in [6.07, 6.45) is -0.930. The number of sulfonamides is 1. The highest BCUT2D eigenvalue weighted by atomic mass is 32.2. The minimum Gasteiger partial charge on any atom is -0.494 e. The molecule has 2 rings (SSSR count). The molecule has 156 valence electrons. The molecule has 2 aromatic rings. The monoisotopic (exact) mass is 420 g/mol. The van der Waals surface area contributed by atoms with Crippen molar-refractivity contribution in [2.75, 3.05) is 17.9 Å². The minimum absolute atomic E-state index is 0.0835. The predicted molar refractivity (Wildman–Crippen MR) is 108 cm³/mol. The smallest absolute Gasteiger partial charge is 0.338 e. The first-order valence-electron chi connectivity index (χ1n) is 9.11. The number of ether oxygens (including phenoxy) is 2. The van der Waals surface area contributed by atoms with Gasteiger partial charge in [-0.2, -0.15) is 0 Å². The van der Waals surface area contributed by atoms with Gasteiger partial charge in [-0.25, -0.2) is 13.2 Å². The lowest BCUT2D eigenvalue weighted by Crippen LogP contribution is -2.35. The molecule has 0 fully saturated rings. The molecule has 1 amide bonds. The summed E-state index contributed by atoms with van der Waals surface area (Å²) in [5.74, 6) is -0.485. The van der Waals surface area contributed by atoms with E-state index >= 15 is 0 Å². The van der Waals surface area contributed by atoms with Crippen LogP contribution in [0.4, 0.5) is 5.69 Å². The molecule has 0 saturated carbocycles. The molecule has 0 aliphatic heterocycles. The van der Waals surface area contributed by atoms with Gasteiger partial charge >= 0.3 is 5.97 Å². The van der Waals surface area contributed by atoms with Crippen molar-refractivity contribution in [2.45, 2.75) is 31.8 Å². The molecular weight excluding hydrogens is 396 g/mol. The molecule has 8 nitrogen and oxygen atoms in total. The van der Waals surface area contributed by atoms with E-state index < -0.39 is 22.1 Å². The molecule has 29 heavy (non-hydrogen) atoms. The number of esters is 1. The molecule has 0 aliphatic rings. The highest BCUT2D eigenvalue weighted by Crippen LogP contribution is 2.20. The van der Waals surface area contributed by atoms with E-state index in [0.29, 0.717) is 18.9 Å². The zero-order chi connectivity index (χ0) is 21.4. The fourth-order valence-electron chi connectivity index (χ4n) is 2.37. The zero-order valence-corrected chi connectivity index (χ0v) is 17.3. The van der Waals surface area contributed by atoms with Crippen molar-refractivity contribution in [3.05, 3.63) is 54.1 Å². The van der Waals surface area contributed by atoms with Crippen LogP contribution in [-0.4, -0.2) is 39.5 Å². The Balaban J connectivity index is 2.04. The normalized spacial score (nSPS) is 12.0. The van der Waals surface area contributed by atoms with Crippen LogP contribution < -0.4 is 14.8 Å². The van der Waals surface area contributed by atoms with Crippen LogP contribution in [0.15, 0.2) is 53.4 Å². The van der Waals surface area contributed by atoms with Gasteiger partial charge in [0.25, 0.3) is 15.9 Å². The number of hydrogen-bond acceptors (Lipinski definition) is 6. The third kappa shape index (κ3) is 6.21. The van der Waals surface area contributed by atoms with Gasteiger partial charge in [-0.05, 0) is 69.3 Å². The summed E-state index contributed by atoms with van der Waals surface area (Å²) in [5, 5.41) is 2.56. The molecule has 9 heteroatoms. The molecule has 2 aromatic carbocycles. The van der Waals surface area contributed by atoms with E-state index in [9.17, 15) is 18.0 Å². The van der Waals surface area contributed by atoms with E-state index in [1.807, 2.05) is 6.92 Å². The Hall–Kier alpha value is -3.07. The van der Waals surface area contributed by atoms with Crippen LogP contribution >= 0.6 is 0 Å². The average molecular weight is 420 g/mol. The van der Waals surface area contributed by atoms with Gasteiger partial charge in [-0.1, -0.05) is 0 Å². The summed E-state index contributed by atoms with van der Waals surface area (Å²) in [6, 6.07) is 11.8. The summed E-state index contributed by atoms with van der Waals surface area (Å²) in [4.78, 5) is 23.8. The topological polar surface area (TPSA) is 111 Å². The summed E-state index contributed by atoms with van der Waals surface area (Å²) in [7, 11) is -3.79. The number of benzene rings is 2. The maximum atomic E-state index is 12.5. The molecule has 0 heterocycles. The van der Waals surface area contributed by atoms with E-state index in [4.69, 9.17) is 9.47 Å². The van der Waals surface area contributed by atoms with E-state index in [-0.39, 0.29) is 22.1 Å². The highest BCUT2D eigenvalue weighted by Gasteiger charge is 2.19. The van der Waals surface area contributed by atoms with Crippen molar-refractivity contribution in [1.29, 1.82) is 0 Å². The first kappa shape index (κ1) is 22.2. The summed E-state index contributed by atoms with van der Waals surface area (Å²) in [5.41, 5.74) is 0.484. The van der Waals surface area contributed by atoms with Crippen molar-refractivity contribution in [3.63, 3.8) is 0 Å². The minimum atomic E-state index is -3.79. The number of amides is 1. The maximum Gasteiger partial charge on any atom is 0.338 e. The SMILES string of the molecule is CCNC(=O)[C@H](C)OC(=O)c1ccc(NS(=O)(=O)c2ccc(OCC)cc2)cc1. The van der Waals surface area contributed by atoms with Crippen LogP contribution in [-0.2, 0) is 19.6 Å². The molecule has 0 unspecified atom stereocenters. The number of carbonyl (C=O) groups is 2. The Bertz CT molecular complexity index is 940. The second kappa shape index (κ2) is 9.92. The van der Waals surface area contributed by atoms with Gasteiger partial charge in [0.1, 0.15) is 5.75 Å². The number of hydrogen-bond donors (Lipinski definition) is 2. The van der Waals surface area contributed by atoms with E-state index in [0.717, 1.165) is 0 Å². The molecule has 0 saturated heterocycles. The van der Waals surface area contributed by atoms with Gasteiger partial charge in [-0.3, -0.25) is 9.52 Å². The lowest BCUT2D eigenvalue weighted by Gasteiger charge is -2.13. The van der Waals surface area contributed by atoms with E-state index in [1.165, 1.54) is 43.3 Å². The molecule has 0 spiro atoms. The lowest BCUT2D eigenvalue weighted by molar-refractivity contribution is -0.128. The van der Waals surface area contributed by atoms with Gasteiger partial charge in [0.2, 0.25) is 0 Å². The third-order valence-corrected chi connectivity index (χ3v) is 5.22. The van der Waals surface area contributed by atoms with Gasteiger partial charge in [-0.15, -0.1) is 0 Å². The van der Waals surface area contributed by atoms with Crippen LogP contribution in [0.1, 0.15) is 31.1 Å². The largest absolute Gasteiger partial charge is 0.494 e. The fourth-order valence-corrected chi connectivity index (χ4v) is 3.43. The number of anilines is 1. The van der Waals surface area contributed by atoms with Crippen molar-refractivity contribution in [2.24, 2.45) is 0 Å². The van der Waals surface area contributed by atoms with Gasteiger partial charge in [0.05, 0.1) is 17.1 Å². The Morgan fingerprint density at radius 1 is 1.00 bits per heavy atom. The molecular formula is C20H24N2O6S. The Kier molecular flexibility index (Phi) is 7.60. The van der Waals surface area contributed by atoms with Crippen molar-refractivity contribution >= 4 is 27.6 Å². The van der Waals surface area contributed by atoms with Crippen LogP contribution in [0.25, 0.3) is 0 Å². The molecule has 0 radical (unpaired) electrons. The van der Waals surface area contributed by atoms with Crippen LogP contribution in [0.3, 0.4) is 0 Å². The second-order valence-electron chi connectivity index (χ2n) is 6.03. The highest BCUT2D eigenvalue weighted by molar-refractivity contribution is 7.92. The average Bonchev–Trinajstić information content (AvgIpc) is 2.69. The lowest BCUT2D eigenvalue weighted by atomic mass is 10.2. The second-order valence-corrected chi connectivity index (χ2v) is 7.71. The summed E-state index contributed by atoms with van der Waals surface area (Å²) < 4.78 is 37.8. The first-order valence-corrected chi connectivity index (χ1v) is 10.6. The van der Waals surface area contributed by atoms with E-state index in [2.05, 4.69) is 10.0 Å². The molecule has 0 aliphatic carbocycles. The molecule has 0 bridgehead atoms. The number of nitrogens with one attached hydrogen (secondary N) is 2. The number of rotatable bonds is 9. The van der Waals surface area contributed by atoms with Gasteiger partial charge in [0.15, 0.2) is 6.10 Å². The third-order valence-electron chi connectivity index (χ3n) is 3.82. The predicted octanol–water partition coefficient (Wildman–Crippen LogP) is 2.57. The maximum absolute atomic E-state index is 12.5. The first-order chi connectivity index (χ1) is 13.8. The Labute approximate surface area is 170 Å². The molecule has 1 atom stereocenters. The van der Waals surface area contributed by atoms with Gasteiger partial charge in [0, 0.05) is 12.2 Å². The summed E-state index contributed by atoms with van der Waals surface area (Å²) in [6.45, 7) is 6.00. The van der Waals surface area contributed by atoms with Crippen molar-refractivity contribution in [1.82, 2.24) is 5.32 Å². The Morgan fingerprint density at radius 3 is 2.17 bits per heavy atom. The van der Waals surface area contributed by atoms with Crippen LogP contribution in [0, 0.1) is 0 Å². The number of carbonyl (C=O) groups excluding carboxylic acids is 2. The quantitative estimate of drug-likeness (QED) is 0.603. The fraction of sp³-hybridized carbons (Fsp3) is 0.300. The van der Waals surface area contributed by atoms with Gasteiger partial charge < -0.3 is 14.8 Å². The molecule has 2 N–H and O–H groups in total. The molecule has 0 aromatic heterocycles. The van der Waals surface area contributed by atoms with Crippen LogP contribution in [0.5, 0.6) is 5.75 Å². The zero-order valence-electron chi connectivity index (χ0n) is 16.5. The van der Waals surface area contributed by atoms with Crippen LogP contribution in [0.2, 0.25) is 0 Å². The number of likely N-dealkylation sites (N-methyl/N-ethyl adjacent to an activating group) is 1. The van der Waals surface area contributed by atoms with E-state index in [1.54, 1.807) is 19.1 Å².